The maximum atomic E-state index is 14.1. The average molecular weight is 633 g/mol. The van der Waals surface area contributed by atoms with Crippen LogP contribution in [-0.2, 0) is 15.6 Å². The van der Waals surface area contributed by atoms with Gasteiger partial charge in [0.15, 0.2) is 5.88 Å². The molecule has 4 heterocycles. The number of benzene rings is 1. The zero-order chi connectivity index (χ0) is 28.7. The van der Waals surface area contributed by atoms with E-state index in [9.17, 15) is 14.1 Å². The molecule has 1 N–H and O–H groups in total. The fourth-order valence-electron chi connectivity index (χ4n) is 4.70. The number of carbonyl (C=O) groups is 1. The van der Waals surface area contributed by atoms with Crippen LogP contribution in [0, 0.1) is 0 Å². The van der Waals surface area contributed by atoms with Crippen LogP contribution in [0.5, 0.6) is 0 Å². The van der Waals surface area contributed by atoms with Crippen LogP contribution < -0.4 is 4.90 Å². The molecular weight excluding hydrogens is 601 g/mol. The highest BCUT2D eigenvalue weighted by molar-refractivity contribution is 8.34. The summed E-state index contributed by atoms with van der Waals surface area (Å²) in [5.74, 6) is -0.0784. The summed E-state index contributed by atoms with van der Waals surface area (Å²) < 4.78 is 15.3. The summed E-state index contributed by atoms with van der Waals surface area (Å²) in [4.78, 5) is 23.3. The topological polar surface area (TPSA) is 67.3 Å². The van der Waals surface area contributed by atoms with Gasteiger partial charge in [-0.2, -0.15) is 0 Å². The summed E-state index contributed by atoms with van der Waals surface area (Å²) in [7, 11) is -2.30. The van der Waals surface area contributed by atoms with E-state index in [1.54, 1.807) is 27.0 Å². The predicted octanol–water partition coefficient (Wildman–Crippen LogP) is 6.78. The van der Waals surface area contributed by atoms with E-state index in [-0.39, 0.29) is 11.8 Å². The number of rotatable bonds is 6. The van der Waals surface area contributed by atoms with Gasteiger partial charge in [0.05, 0.1) is 15.7 Å². The molecule has 4 aliphatic rings. The fourth-order valence-corrected chi connectivity index (χ4v) is 11.8. The molecular formula is C28H32N4O3S5. The van der Waals surface area contributed by atoms with E-state index in [0.29, 0.717) is 44.6 Å². The number of amides is 1. The third-order valence-corrected chi connectivity index (χ3v) is 13.4. The summed E-state index contributed by atoms with van der Waals surface area (Å²) in [6, 6.07) is 8.32. The number of thioether (sulfide) groups is 2. The van der Waals surface area contributed by atoms with Gasteiger partial charge in [-0.3, -0.25) is 9.69 Å². The van der Waals surface area contributed by atoms with Crippen molar-refractivity contribution in [3.63, 3.8) is 0 Å². The molecule has 1 fully saturated rings. The van der Waals surface area contributed by atoms with E-state index in [1.165, 1.54) is 22.2 Å². The van der Waals surface area contributed by atoms with E-state index in [4.69, 9.17) is 12.2 Å². The molecule has 2 unspecified atom stereocenters. The van der Waals surface area contributed by atoms with Crippen LogP contribution in [0.2, 0.25) is 0 Å². The molecule has 212 valence electrons. The molecule has 1 aromatic carbocycles. The van der Waals surface area contributed by atoms with Crippen LogP contribution >= 0.6 is 46.2 Å². The SMILES string of the molecule is CCN1C=C(CC=C2Sc3ccccc3N2C=C(C)C)S(=O)C1=S1C=C(O)N(CC)C1=C1SC(=S)N(CC)C1=O. The molecule has 0 aliphatic carbocycles. The van der Waals surface area contributed by atoms with E-state index in [1.807, 2.05) is 44.0 Å². The molecule has 2 atom stereocenters. The highest BCUT2D eigenvalue weighted by Crippen LogP contribution is 2.50. The molecule has 7 nitrogen and oxygen atoms in total. The minimum absolute atomic E-state index is 0.0798. The number of anilines is 1. The Balaban J connectivity index is 1.52. The Morgan fingerprint density at radius 1 is 1.07 bits per heavy atom. The first-order valence-corrected chi connectivity index (χ1v) is 17.5. The van der Waals surface area contributed by atoms with Gasteiger partial charge in [-0.1, -0.05) is 63.9 Å². The van der Waals surface area contributed by atoms with Crippen LogP contribution in [0.4, 0.5) is 5.69 Å². The first-order chi connectivity index (χ1) is 19.2. The second kappa shape index (κ2) is 11.9. The number of aliphatic hydroxyl groups excluding tert-OH is 1. The quantitative estimate of drug-likeness (QED) is 0.270. The maximum Gasteiger partial charge on any atom is 0.268 e. The van der Waals surface area contributed by atoms with E-state index in [2.05, 4.69) is 43.2 Å². The van der Waals surface area contributed by atoms with E-state index in [0.717, 1.165) is 15.6 Å². The molecule has 0 aromatic heterocycles. The van der Waals surface area contributed by atoms with Crippen molar-refractivity contribution in [3.05, 3.63) is 79.5 Å². The largest absolute Gasteiger partial charge is 0.494 e. The highest BCUT2D eigenvalue weighted by Gasteiger charge is 2.41. The molecule has 0 saturated carbocycles. The second-order valence-corrected chi connectivity index (χ2v) is 15.5. The van der Waals surface area contributed by atoms with E-state index < -0.39 is 21.3 Å². The molecule has 1 saturated heterocycles. The lowest BCUT2D eigenvalue weighted by Crippen LogP contribution is -2.29. The van der Waals surface area contributed by atoms with Crippen LogP contribution in [0.15, 0.2) is 84.4 Å². The molecule has 5 rings (SSSR count). The van der Waals surface area contributed by atoms with Crippen LogP contribution in [0.1, 0.15) is 41.0 Å². The summed E-state index contributed by atoms with van der Waals surface area (Å²) >= 11 is 8.45. The number of likely N-dealkylation sites (N-methyl/N-ethyl adjacent to an activating group) is 1. The van der Waals surface area contributed by atoms with Gasteiger partial charge in [0.1, 0.15) is 24.3 Å². The molecule has 40 heavy (non-hydrogen) atoms. The zero-order valence-corrected chi connectivity index (χ0v) is 27.1. The first-order valence-electron chi connectivity index (χ1n) is 13.1. The van der Waals surface area contributed by atoms with Crippen molar-refractivity contribution in [2.75, 3.05) is 24.5 Å². The summed E-state index contributed by atoms with van der Waals surface area (Å²) in [6.07, 6.45) is 6.77. The number of allylic oxidation sites excluding steroid dienone is 3. The van der Waals surface area contributed by atoms with Gasteiger partial charge < -0.3 is 19.8 Å². The van der Waals surface area contributed by atoms with Gasteiger partial charge >= 0.3 is 0 Å². The third-order valence-electron chi connectivity index (χ3n) is 6.53. The number of hydrogen-bond donors (Lipinski definition) is 1. The Kier molecular flexibility index (Phi) is 8.72. The van der Waals surface area contributed by atoms with Crippen molar-refractivity contribution in [3.8, 4) is 0 Å². The molecule has 1 amide bonds. The van der Waals surface area contributed by atoms with Crippen molar-refractivity contribution >= 4 is 77.3 Å². The number of nitrogens with zero attached hydrogens (tertiary/aromatic N) is 4. The van der Waals surface area contributed by atoms with Crippen molar-refractivity contribution < 1.29 is 14.1 Å². The number of aliphatic hydroxyl groups is 1. The third kappa shape index (κ3) is 5.13. The molecule has 4 aliphatic heterocycles. The van der Waals surface area contributed by atoms with Crippen LogP contribution in [-0.4, -0.2) is 58.2 Å². The van der Waals surface area contributed by atoms with Crippen molar-refractivity contribution in [1.82, 2.24) is 14.7 Å². The lowest BCUT2D eigenvalue weighted by Gasteiger charge is -2.23. The minimum Gasteiger partial charge on any atom is -0.494 e. The molecule has 0 radical (unpaired) electrons. The summed E-state index contributed by atoms with van der Waals surface area (Å²) in [6.45, 7) is 11.6. The maximum absolute atomic E-state index is 14.1. The highest BCUT2D eigenvalue weighted by atomic mass is 32.2. The Hall–Kier alpha value is -2.25. The summed E-state index contributed by atoms with van der Waals surface area (Å²) in [5.41, 5.74) is 2.33. The van der Waals surface area contributed by atoms with Crippen LogP contribution in [0.3, 0.4) is 0 Å². The standard InChI is InChI=1S/C28H32N4O3S5/c1-6-29-16-19(13-14-23-32(15-18(4)5)20-11-9-10-12-21(20)37-23)40(35)28(29)39-17-22(33)30(7-2)26(39)24-25(34)31(8-3)27(36)38-24/h9-12,14-17,33H,6-8,13H2,1-5H3. The Labute approximate surface area is 254 Å². The van der Waals surface area contributed by atoms with Gasteiger partial charge in [0.25, 0.3) is 5.91 Å². The van der Waals surface area contributed by atoms with E-state index >= 15 is 0 Å². The molecule has 0 spiro atoms. The average Bonchev–Trinajstić information content (AvgIpc) is 3.62. The Bertz CT molecular complexity index is 1500. The van der Waals surface area contributed by atoms with Crippen molar-refractivity contribution in [2.24, 2.45) is 0 Å². The van der Waals surface area contributed by atoms with Gasteiger partial charge in [-0.25, -0.2) is 4.21 Å². The van der Waals surface area contributed by atoms with Gasteiger partial charge in [0, 0.05) is 53.7 Å². The summed E-state index contributed by atoms with van der Waals surface area (Å²) in [5, 5.41) is 14.4. The number of fused-ring (bicyclic) bond motifs is 1. The minimum atomic E-state index is -1.43. The van der Waals surface area contributed by atoms with Crippen LogP contribution in [0.25, 0.3) is 0 Å². The molecule has 1 aromatic rings. The van der Waals surface area contributed by atoms with Gasteiger partial charge in [0.2, 0.25) is 0 Å². The number of carbonyl (C=O) groups excluding carboxylic acids is 1. The van der Waals surface area contributed by atoms with Crippen molar-refractivity contribution in [2.45, 2.75) is 45.9 Å². The fraction of sp³-hybridized carbons (Fsp3) is 0.321. The lowest BCUT2D eigenvalue weighted by atomic mass is 10.3. The number of hydrogen-bond acceptors (Lipinski definition) is 8. The zero-order valence-electron chi connectivity index (χ0n) is 23.0. The monoisotopic (exact) mass is 632 g/mol. The predicted molar refractivity (Wildman–Crippen MR) is 176 cm³/mol. The first kappa shape index (κ1) is 29.2. The molecule has 0 bridgehead atoms. The van der Waals surface area contributed by atoms with Crippen molar-refractivity contribution in [1.29, 1.82) is 0 Å². The number of para-hydroxylation sites is 1. The normalized spacial score (nSPS) is 26.3. The number of thiocarbonyl (C=S) groups is 1. The van der Waals surface area contributed by atoms with Gasteiger partial charge in [-0.15, -0.1) is 0 Å². The van der Waals surface area contributed by atoms with Gasteiger partial charge in [-0.05, 0) is 52.8 Å². The smallest absolute Gasteiger partial charge is 0.268 e. The molecule has 12 heteroatoms. The second-order valence-electron chi connectivity index (χ2n) is 9.42. The lowest BCUT2D eigenvalue weighted by molar-refractivity contribution is -0.122. The Morgan fingerprint density at radius 2 is 1.80 bits per heavy atom. The Morgan fingerprint density at radius 3 is 2.45 bits per heavy atom.